The highest BCUT2D eigenvalue weighted by Crippen LogP contribution is 2.33. The van der Waals surface area contributed by atoms with Gasteiger partial charge in [0.2, 0.25) is 0 Å². The minimum absolute atomic E-state index is 0.240. The summed E-state index contributed by atoms with van der Waals surface area (Å²) in [6.45, 7) is -0.240. The van der Waals surface area contributed by atoms with Crippen molar-refractivity contribution in [2.24, 2.45) is 0 Å². The molecule has 0 saturated carbocycles. The van der Waals surface area contributed by atoms with E-state index in [0.717, 1.165) is 0 Å². The van der Waals surface area contributed by atoms with E-state index in [1.165, 1.54) is 6.33 Å². The van der Waals surface area contributed by atoms with Gasteiger partial charge in [0.05, 0.1) is 23.7 Å². The Hall–Kier alpha value is -2.14. The minimum Gasteiger partial charge on any atom is -0.394 e. The van der Waals surface area contributed by atoms with Gasteiger partial charge in [-0.05, 0) is 0 Å². The van der Waals surface area contributed by atoms with Crippen molar-refractivity contribution >= 4 is 16.9 Å². The lowest BCUT2D eigenvalue weighted by atomic mass is 10.2. The summed E-state index contributed by atoms with van der Waals surface area (Å²) in [6.07, 6.45) is 7.10. The SMILES string of the molecule is C#Cc1cn([C@@H]2C[C@H](O)[C@@H](CO)O2)c2ncnc(N)c12. The fourth-order valence-corrected chi connectivity index (χ4v) is 2.49. The first-order valence-corrected chi connectivity index (χ1v) is 6.17. The van der Waals surface area contributed by atoms with Crippen LogP contribution in [0.15, 0.2) is 12.5 Å². The zero-order valence-corrected chi connectivity index (χ0v) is 10.6. The van der Waals surface area contributed by atoms with Crippen molar-refractivity contribution in [1.82, 2.24) is 14.5 Å². The zero-order chi connectivity index (χ0) is 14.3. The van der Waals surface area contributed by atoms with Gasteiger partial charge in [0.15, 0.2) is 0 Å². The minimum atomic E-state index is -0.726. The van der Waals surface area contributed by atoms with Crippen molar-refractivity contribution in [3.8, 4) is 12.3 Å². The van der Waals surface area contributed by atoms with Gasteiger partial charge in [-0.15, -0.1) is 6.42 Å². The molecule has 0 aromatic carbocycles. The van der Waals surface area contributed by atoms with Crippen LogP contribution in [0.5, 0.6) is 0 Å². The summed E-state index contributed by atoms with van der Waals surface area (Å²) in [5.74, 6) is 2.85. The quantitative estimate of drug-likeness (QED) is 0.645. The van der Waals surface area contributed by atoms with E-state index >= 15 is 0 Å². The average Bonchev–Trinajstić information content (AvgIpc) is 3.00. The molecule has 0 spiro atoms. The van der Waals surface area contributed by atoms with Crippen LogP contribution in [0.1, 0.15) is 18.2 Å². The Morgan fingerprint density at radius 2 is 2.35 bits per heavy atom. The number of aliphatic hydroxyl groups excluding tert-OH is 2. The van der Waals surface area contributed by atoms with E-state index in [2.05, 4.69) is 15.9 Å². The van der Waals surface area contributed by atoms with Crippen LogP contribution in [0.4, 0.5) is 5.82 Å². The molecule has 0 bridgehead atoms. The highest BCUT2D eigenvalue weighted by Gasteiger charge is 2.35. The van der Waals surface area contributed by atoms with Gasteiger partial charge in [-0.3, -0.25) is 0 Å². The highest BCUT2D eigenvalue weighted by molar-refractivity contribution is 5.92. The molecule has 3 rings (SSSR count). The molecule has 0 unspecified atom stereocenters. The largest absolute Gasteiger partial charge is 0.394 e. The van der Waals surface area contributed by atoms with Crippen LogP contribution in [0, 0.1) is 12.3 Å². The summed E-state index contributed by atoms with van der Waals surface area (Å²) in [4.78, 5) is 8.11. The Labute approximate surface area is 115 Å². The van der Waals surface area contributed by atoms with E-state index in [-0.39, 0.29) is 6.61 Å². The molecule has 1 aliphatic rings. The average molecular weight is 274 g/mol. The Morgan fingerprint density at radius 1 is 1.55 bits per heavy atom. The van der Waals surface area contributed by atoms with Gasteiger partial charge in [-0.25, -0.2) is 9.97 Å². The first kappa shape index (κ1) is 12.9. The molecule has 4 N–H and O–H groups in total. The van der Waals surface area contributed by atoms with Crippen LogP contribution in [-0.4, -0.2) is 43.6 Å². The van der Waals surface area contributed by atoms with E-state index in [1.807, 2.05) is 0 Å². The number of nitrogens with zero attached hydrogens (tertiary/aromatic N) is 3. The lowest BCUT2D eigenvalue weighted by Gasteiger charge is -2.14. The third-order valence-electron chi connectivity index (χ3n) is 3.49. The molecule has 2 aromatic rings. The number of aliphatic hydroxyl groups is 2. The molecule has 3 atom stereocenters. The maximum atomic E-state index is 9.82. The third-order valence-corrected chi connectivity index (χ3v) is 3.49. The monoisotopic (exact) mass is 274 g/mol. The number of fused-ring (bicyclic) bond motifs is 1. The van der Waals surface area contributed by atoms with Crippen molar-refractivity contribution in [3.05, 3.63) is 18.1 Å². The highest BCUT2D eigenvalue weighted by atomic mass is 16.5. The van der Waals surface area contributed by atoms with Crippen LogP contribution in [-0.2, 0) is 4.74 Å². The lowest BCUT2D eigenvalue weighted by Crippen LogP contribution is -2.24. The van der Waals surface area contributed by atoms with Crippen molar-refractivity contribution < 1.29 is 14.9 Å². The topological polar surface area (TPSA) is 106 Å². The summed E-state index contributed by atoms with van der Waals surface area (Å²) >= 11 is 0. The van der Waals surface area contributed by atoms with E-state index in [9.17, 15) is 5.11 Å². The number of nitrogen functional groups attached to an aromatic ring is 1. The Balaban J connectivity index is 2.10. The van der Waals surface area contributed by atoms with Crippen LogP contribution in [0.2, 0.25) is 0 Å². The molecule has 0 amide bonds. The Bertz CT molecular complexity index is 691. The molecule has 0 aliphatic carbocycles. The van der Waals surface area contributed by atoms with Crippen LogP contribution in [0.3, 0.4) is 0 Å². The molecule has 1 fully saturated rings. The number of anilines is 1. The summed E-state index contributed by atoms with van der Waals surface area (Å²) in [6, 6.07) is 0. The van der Waals surface area contributed by atoms with Crippen LogP contribution in [0.25, 0.3) is 11.0 Å². The third kappa shape index (κ3) is 1.82. The molecular formula is C13H14N4O3. The van der Waals surface area contributed by atoms with Gasteiger partial charge in [-0.2, -0.15) is 0 Å². The van der Waals surface area contributed by atoms with Gasteiger partial charge in [0.25, 0.3) is 0 Å². The maximum Gasteiger partial charge on any atom is 0.148 e. The molecule has 7 heteroatoms. The second kappa shape index (κ2) is 4.76. The first-order chi connectivity index (χ1) is 9.65. The van der Waals surface area contributed by atoms with E-state index in [1.54, 1.807) is 10.8 Å². The van der Waals surface area contributed by atoms with Crippen molar-refractivity contribution in [2.75, 3.05) is 12.3 Å². The van der Waals surface area contributed by atoms with Gasteiger partial charge >= 0.3 is 0 Å². The number of hydrogen-bond donors (Lipinski definition) is 3. The number of nitrogens with two attached hydrogens (primary N) is 1. The molecule has 7 nitrogen and oxygen atoms in total. The molecule has 1 saturated heterocycles. The lowest BCUT2D eigenvalue weighted by molar-refractivity contribution is -0.0430. The standard InChI is InChI=1S/C13H14N4O3/c1-2-7-4-17(10-3-8(19)9(5-18)20-10)13-11(7)12(14)15-6-16-13/h1,4,6,8-10,18-19H,3,5H2,(H2,14,15,16)/t8-,9+,10-/m0/s1. The van der Waals surface area contributed by atoms with Gasteiger partial charge in [0, 0.05) is 12.6 Å². The molecule has 20 heavy (non-hydrogen) atoms. The molecule has 0 radical (unpaired) electrons. The number of terminal acetylenes is 1. The summed E-state index contributed by atoms with van der Waals surface area (Å²) in [5.41, 5.74) is 6.96. The van der Waals surface area contributed by atoms with Gasteiger partial charge in [-0.1, -0.05) is 5.92 Å². The van der Waals surface area contributed by atoms with Crippen molar-refractivity contribution in [2.45, 2.75) is 24.9 Å². The molecule has 2 aromatic heterocycles. The molecular weight excluding hydrogens is 260 g/mol. The number of aromatic nitrogens is 3. The maximum absolute atomic E-state index is 9.82. The second-order valence-electron chi connectivity index (χ2n) is 4.67. The van der Waals surface area contributed by atoms with Gasteiger partial charge < -0.3 is 25.3 Å². The summed E-state index contributed by atoms with van der Waals surface area (Å²) in [7, 11) is 0. The zero-order valence-electron chi connectivity index (χ0n) is 10.6. The van der Waals surface area contributed by atoms with Crippen molar-refractivity contribution in [1.29, 1.82) is 0 Å². The van der Waals surface area contributed by atoms with Crippen LogP contribution < -0.4 is 5.73 Å². The normalized spacial score (nSPS) is 25.9. The predicted octanol–water partition coefficient (Wildman–Crippen LogP) is -0.364. The second-order valence-corrected chi connectivity index (χ2v) is 4.67. The summed E-state index contributed by atoms with van der Waals surface area (Å²) in [5, 5.41) is 19.6. The smallest absolute Gasteiger partial charge is 0.148 e. The molecule has 1 aliphatic heterocycles. The Morgan fingerprint density at radius 3 is 3.00 bits per heavy atom. The van der Waals surface area contributed by atoms with E-state index in [4.69, 9.17) is 22.0 Å². The fourth-order valence-electron chi connectivity index (χ4n) is 2.49. The fraction of sp³-hybridized carbons (Fsp3) is 0.385. The molecule has 104 valence electrons. The first-order valence-electron chi connectivity index (χ1n) is 6.17. The van der Waals surface area contributed by atoms with Crippen molar-refractivity contribution in [3.63, 3.8) is 0 Å². The van der Waals surface area contributed by atoms with Gasteiger partial charge in [0.1, 0.15) is 30.1 Å². The predicted molar refractivity (Wildman–Crippen MR) is 71.5 cm³/mol. The number of ether oxygens (including phenoxy) is 1. The number of hydrogen-bond acceptors (Lipinski definition) is 6. The Kier molecular flexibility index (Phi) is 3.06. The van der Waals surface area contributed by atoms with Crippen LogP contribution >= 0.6 is 0 Å². The van der Waals surface area contributed by atoms with E-state index < -0.39 is 18.4 Å². The number of rotatable bonds is 2. The molecule has 3 heterocycles. The van der Waals surface area contributed by atoms with E-state index in [0.29, 0.717) is 28.8 Å². The summed E-state index contributed by atoms with van der Waals surface area (Å²) < 4.78 is 7.33.